The lowest BCUT2D eigenvalue weighted by atomic mass is 10.2. The molecule has 0 aliphatic heterocycles. The average Bonchev–Trinajstić information content (AvgIpc) is 2.47. The number of nitriles is 1. The molecule has 0 spiro atoms. The van der Waals surface area contributed by atoms with Gasteiger partial charge in [-0.25, -0.2) is 9.97 Å². The number of para-hydroxylation sites is 1. The summed E-state index contributed by atoms with van der Waals surface area (Å²) >= 11 is 0. The molecule has 19 heavy (non-hydrogen) atoms. The van der Waals surface area contributed by atoms with Gasteiger partial charge in [0, 0.05) is 23.3 Å². The molecule has 0 aliphatic carbocycles. The summed E-state index contributed by atoms with van der Waals surface area (Å²) in [4.78, 5) is 22.5. The molecule has 0 amide bonds. The molecule has 0 fully saturated rings. The zero-order valence-electron chi connectivity index (χ0n) is 9.79. The third-order valence-electron chi connectivity index (χ3n) is 2.77. The minimum atomic E-state index is -0.410. The monoisotopic (exact) mass is 248 g/mol. The Hall–Kier alpha value is -3.00. The number of fused-ring (bicyclic) bond motifs is 1. The maximum absolute atomic E-state index is 11.3. The lowest BCUT2D eigenvalue weighted by molar-refractivity contribution is 1.17. The molecule has 0 bridgehead atoms. The molecule has 0 saturated carbocycles. The Bertz CT molecular complexity index is 861. The van der Waals surface area contributed by atoms with Crippen LogP contribution in [0.4, 0.5) is 0 Å². The van der Waals surface area contributed by atoms with E-state index in [9.17, 15) is 4.79 Å². The largest absolute Gasteiger partial charge is 0.327 e. The van der Waals surface area contributed by atoms with Crippen LogP contribution in [0.2, 0.25) is 0 Å². The second-order valence-electron chi connectivity index (χ2n) is 4.00. The third kappa shape index (κ3) is 1.96. The van der Waals surface area contributed by atoms with E-state index in [-0.39, 0.29) is 5.56 Å². The summed E-state index contributed by atoms with van der Waals surface area (Å²) in [7, 11) is 0. The van der Waals surface area contributed by atoms with Gasteiger partial charge in [0.05, 0.1) is 5.52 Å². The van der Waals surface area contributed by atoms with Crippen molar-refractivity contribution in [1.82, 2.24) is 15.0 Å². The van der Waals surface area contributed by atoms with E-state index in [2.05, 4.69) is 15.0 Å². The van der Waals surface area contributed by atoms with Crippen LogP contribution in [0.25, 0.3) is 22.3 Å². The normalized spacial score (nSPS) is 10.3. The lowest BCUT2D eigenvalue weighted by Crippen LogP contribution is -2.09. The number of nitrogens with zero attached hydrogens (tertiary/aromatic N) is 3. The molecule has 90 valence electrons. The number of hydrogen-bond acceptors (Lipinski definition) is 4. The average molecular weight is 248 g/mol. The lowest BCUT2D eigenvalue weighted by Gasteiger charge is -2.02. The van der Waals surface area contributed by atoms with Gasteiger partial charge < -0.3 is 4.98 Å². The first kappa shape index (κ1) is 11.1. The standard InChI is InChI=1S/C14H8N4O/c15-6-10-5-11(8-17-14(10)19)13-16-7-9-3-1-2-4-12(9)18-13/h1-5,7-8H,(H,17,19). The molecule has 1 aromatic carbocycles. The van der Waals surface area contributed by atoms with E-state index in [1.165, 1.54) is 12.3 Å². The van der Waals surface area contributed by atoms with Gasteiger partial charge in [-0.3, -0.25) is 4.79 Å². The van der Waals surface area contributed by atoms with Crippen molar-refractivity contribution < 1.29 is 0 Å². The van der Waals surface area contributed by atoms with Crippen LogP contribution < -0.4 is 5.56 Å². The first-order valence-electron chi connectivity index (χ1n) is 5.63. The summed E-state index contributed by atoms with van der Waals surface area (Å²) in [6, 6.07) is 11.0. The van der Waals surface area contributed by atoms with Crippen molar-refractivity contribution >= 4 is 10.9 Å². The van der Waals surface area contributed by atoms with Crippen molar-refractivity contribution in [3.05, 3.63) is 58.6 Å². The molecule has 5 nitrogen and oxygen atoms in total. The first-order valence-corrected chi connectivity index (χ1v) is 5.63. The van der Waals surface area contributed by atoms with Gasteiger partial charge in [0.1, 0.15) is 11.6 Å². The number of pyridine rings is 1. The Kier molecular flexibility index (Phi) is 2.54. The summed E-state index contributed by atoms with van der Waals surface area (Å²) in [5.74, 6) is 0.478. The van der Waals surface area contributed by atoms with E-state index in [1.54, 1.807) is 6.20 Å². The minimum absolute atomic E-state index is 0.0502. The maximum Gasteiger partial charge on any atom is 0.265 e. The van der Waals surface area contributed by atoms with Gasteiger partial charge >= 0.3 is 0 Å². The molecule has 0 saturated heterocycles. The van der Waals surface area contributed by atoms with Gasteiger partial charge in [-0.15, -0.1) is 0 Å². The predicted octanol–water partition coefficient (Wildman–Crippen LogP) is 1.86. The van der Waals surface area contributed by atoms with Crippen LogP contribution in [-0.2, 0) is 0 Å². The molecule has 0 atom stereocenters. The smallest absolute Gasteiger partial charge is 0.265 e. The molecule has 2 heterocycles. The van der Waals surface area contributed by atoms with Crippen LogP contribution in [0, 0.1) is 11.3 Å². The number of nitrogens with one attached hydrogen (secondary N) is 1. The van der Waals surface area contributed by atoms with Crippen LogP contribution in [-0.4, -0.2) is 15.0 Å². The molecular formula is C14H8N4O. The summed E-state index contributed by atoms with van der Waals surface area (Å²) in [5, 5.41) is 9.79. The number of aromatic amines is 1. The van der Waals surface area contributed by atoms with Crippen molar-refractivity contribution in [2.24, 2.45) is 0 Å². The summed E-state index contributed by atoms with van der Waals surface area (Å²) in [5.41, 5.74) is 1.07. The van der Waals surface area contributed by atoms with E-state index >= 15 is 0 Å². The van der Waals surface area contributed by atoms with Crippen molar-refractivity contribution in [1.29, 1.82) is 5.26 Å². The predicted molar refractivity (Wildman–Crippen MR) is 70.3 cm³/mol. The van der Waals surface area contributed by atoms with Gasteiger partial charge in [0.25, 0.3) is 5.56 Å². The Morgan fingerprint density at radius 3 is 2.95 bits per heavy atom. The van der Waals surface area contributed by atoms with Gasteiger partial charge in [0.2, 0.25) is 0 Å². The highest BCUT2D eigenvalue weighted by atomic mass is 16.1. The molecule has 5 heteroatoms. The van der Waals surface area contributed by atoms with Crippen molar-refractivity contribution in [3.63, 3.8) is 0 Å². The Balaban J connectivity index is 2.19. The van der Waals surface area contributed by atoms with E-state index in [0.29, 0.717) is 11.4 Å². The third-order valence-corrected chi connectivity index (χ3v) is 2.77. The topological polar surface area (TPSA) is 82.4 Å². The maximum atomic E-state index is 11.3. The number of hydrogen-bond donors (Lipinski definition) is 1. The molecule has 3 aromatic rings. The van der Waals surface area contributed by atoms with E-state index in [1.807, 2.05) is 30.3 Å². The molecule has 0 radical (unpaired) electrons. The van der Waals surface area contributed by atoms with Crippen molar-refractivity contribution in [2.45, 2.75) is 0 Å². The highest BCUT2D eigenvalue weighted by Crippen LogP contribution is 2.17. The highest BCUT2D eigenvalue weighted by Gasteiger charge is 2.06. The van der Waals surface area contributed by atoms with Gasteiger partial charge in [-0.2, -0.15) is 5.26 Å². The van der Waals surface area contributed by atoms with E-state index in [0.717, 1.165) is 10.9 Å². The Labute approximate surface area is 108 Å². The fraction of sp³-hybridized carbons (Fsp3) is 0. The number of benzene rings is 1. The van der Waals surface area contributed by atoms with Crippen molar-refractivity contribution in [2.75, 3.05) is 0 Å². The van der Waals surface area contributed by atoms with E-state index < -0.39 is 5.56 Å². The minimum Gasteiger partial charge on any atom is -0.327 e. The van der Waals surface area contributed by atoms with E-state index in [4.69, 9.17) is 5.26 Å². The van der Waals surface area contributed by atoms with Crippen LogP contribution in [0.1, 0.15) is 5.56 Å². The Morgan fingerprint density at radius 2 is 2.11 bits per heavy atom. The molecule has 3 rings (SSSR count). The van der Waals surface area contributed by atoms with Gasteiger partial charge in [-0.05, 0) is 12.1 Å². The molecule has 2 aromatic heterocycles. The van der Waals surface area contributed by atoms with Crippen LogP contribution in [0.3, 0.4) is 0 Å². The Morgan fingerprint density at radius 1 is 1.26 bits per heavy atom. The van der Waals surface area contributed by atoms with Crippen molar-refractivity contribution in [3.8, 4) is 17.5 Å². The fourth-order valence-corrected chi connectivity index (χ4v) is 1.81. The van der Waals surface area contributed by atoms with Crippen LogP contribution in [0.15, 0.2) is 47.5 Å². The second-order valence-corrected chi connectivity index (χ2v) is 4.00. The number of rotatable bonds is 1. The highest BCUT2D eigenvalue weighted by molar-refractivity contribution is 5.79. The number of aromatic nitrogens is 3. The molecule has 0 aliphatic rings. The zero-order chi connectivity index (χ0) is 13.2. The summed E-state index contributed by atoms with van der Waals surface area (Å²) in [6.45, 7) is 0. The van der Waals surface area contributed by atoms with Crippen LogP contribution >= 0.6 is 0 Å². The SMILES string of the molecule is N#Cc1cc(-c2ncc3ccccc3n2)c[nH]c1=O. The van der Waals surface area contributed by atoms with Gasteiger partial charge in [0.15, 0.2) is 5.82 Å². The second kappa shape index (κ2) is 4.35. The van der Waals surface area contributed by atoms with Crippen LogP contribution in [0.5, 0.6) is 0 Å². The summed E-state index contributed by atoms with van der Waals surface area (Å²) < 4.78 is 0. The summed E-state index contributed by atoms with van der Waals surface area (Å²) in [6.07, 6.45) is 3.22. The molecule has 1 N–H and O–H groups in total. The first-order chi connectivity index (χ1) is 9.28. The molecule has 0 unspecified atom stereocenters. The number of H-pyrrole nitrogens is 1. The molecular weight excluding hydrogens is 240 g/mol. The fourth-order valence-electron chi connectivity index (χ4n) is 1.81. The quantitative estimate of drug-likeness (QED) is 0.712. The zero-order valence-corrected chi connectivity index (χ0v) is 9.79. The van der Waals surface area contributed by atoms with Gasteiger partial charge in [-0.1, -0.05) is 18.2 Å².